The molecule has 0 radical (unpaired) electrons. The molecular weight excluding hydrogens is 462 g/mol. The fourth-order valence-electron chi connectivity index (χ4n) is 3.47. The van der Waals surface area contributed by atoms with Gasteiger partial charge in [-0.3, -0.25) is 9.89 Å². The van der Waals surface area contributed by atoms with E-state index >= 15 is 0 Å². The molecule has 2 saturated heterocycles. The zero-order chi connectivity index (χ0) is 18.4. The summed E-state index contributed by atoms with van der Waals surface area (Å²) < 4.78 is 24.7. The van der Waals surface area contributed by atoms with Crippen LogP contribution in [0.25, 0.3) is 0 Å². The molecule has 0 spiro atoms. The topological polar surface area (TPSA) is 58.1 Å². The fourth-order valence-corrected chi connectivity index (χ4v) is 3.47. The zero-order valence-corrected chi connectivity index (χ0v) is 18.3. The molecule has 0 saturated carbocycles. The first-order valence-electron chi connectivity index (χ1n) is 9.36. The van der Waals surface area contributed by atoms with E-state index in [1.807, 2.05) is 6.92 Å². The van der Waals surface area contributed by atoms with Crippen molar-refractivity contribution in [1.82, 2.24) is 15.5 Å². The predicted molar refractivity (Wildman–Crippen MR) is 116 cm³/mol. The highest BCUT2D eigenvalue weighted by Crippen LogP contribution is 2.22. The lowest BCUT2D eigenvalue weighted by atomic mass is 10.2. The molecule has 0 aromatic heterocycles. The number of benzene rings is 1. The van der Waals surface area contributed by atoms with Gasteiger partial charge in [0.05, 0.1) is 19.3 Å². The van der Waals surface area contributed by atoms with Gasteiger partial charge in [-0.05, 0) is 50.6 Å². The Morgan fingerprint density at radius 3 is 2.89 bits per heavy atom. The van der Waals surface area contributed by atoms with Crippen LogP contribution in [-0.4, -0.2) is 68.9 Å². The van der Waals surface area contributed by atoms with Crippen LogP contribution in [0, 0.1) is 5.82 Å². The molecule has 3 unspecified atom stereocenters. The van der Waals surface area contributed by atoms with Crippen molar-refractivity contribution in [2.24, 2.45) is 4.99 Å². The Morgan fingerprint density at radius 1 is 1.37 bits per heavy atom. The molecule has 2 aliphatic heterocycles. The minimum absolute atomic E-state index is 0. The Labute approximate surface area is 177 Å². The van der Waals surface area contributed by atoms with Crippen molar-refractivity contribution in [2.45, 2.75) is 38.0 Å². The van der Waals surface area contributed by atoms with Crippen LogP contribution in [0.15, 0.2) is 29.3 Å². The Balaban J connectivity index is 0.00000261. The van der Waals surface area contributed by atoms with E-state index in [4.69, 9.17) is 9.47 Å². The molecule has 3 atom stereocenters. The lowest BCUT2D eigenvalue weighted by Gasteiger charge is -2.35. The summed E-state index contributed by atoms with van der Waals surface area (Å²) in [6.45, 7) is 6.30. The van der Waals surface area contributed by atoms with Gasteiger partial charge in [-0.2, -0.15) is 0 Å². The van der Waals surface area contributed by atoms with E-state index in [0.717, 1.165) is 25.7 Å². The van der Waals surface area contributed by atoms with Crippen LogP contribution in [0.2, 0.25) is 0 Å². The summed E-state index contributed by atoms with van der Waals surface area (Å²) in [5.41, 5.74) is 0. The molecule has 6 nitrogen and oxygen atoms in total. The lowest BCUT2D eigenvalue weighted by Crippen LogP contribution is -2.51. The summed E-state index contributed by atoms with van der Waals surface area (Å²) in [7, 11) is 1.75. The Morgan fingerprint density at radius 2 is 2.15 bits per heavy atom. The molecule has 152 valence electrons. The van der Waals surface area contributed by atoms with Crippen LogP contribution in [0.3, 0.4) is 0 Å². The monoisotopic (exact) mass is 492 g/mol. The van der Waals surface area contributed by atoms with Crippen LogP contribution in [0.4, 0.5) is 4.39 Å². The van der Waals surface area contributed by atoms with Crippen molar-refractivity contribution in [3.63, 3.8) is 0 Å². The number of halogens is 2. The number of hydrogen-bond donors (Lipinski definition) is 2. The van der Waals surface area contributed by atoms with E-state index in [9.17, 15) is 4.39 Å². The maximum atomic E-state index is 12.9. The molecule has 2 N–H and O–H groups in total. The molecule has 3 rings (SSSR count). The summed E-state index contributed by atoms with van der Waals surface area (Å²) in [6.07, 6.45) is 2.66. The summed E-state index contributed by atoms with van der Waals surface area (Å²) in [5.74, 6) is 1.11. The minimum atomic E-state index is -0.266. The number of hydrogen-bond acceptors (Lipinski definition) is 4. The number of morpholine rings is 1. The molecule has 2 aliphatic rings. The summed E-state index contributed by atoms with van der Waals surface area (Å²) in [5, 5.41) is 6.59. The Kier molecular flexibility index (Phi) is 9.04. The van der Waals surface area contributed by atoms with Gasteiger partial charge in [0.2, 0.25) is 0 Å². The standard InChI is InChI=1S/C19H29FN4O2.HI/c1-14(26-17-7-5-15(20)6-8-17)10-22-19(21-2)23-11-18-12-24-9-3-4-16(24)13-25-18;/h5-8,14,16,18H,3-4,9-13H2,1-2H3,(H2,21,22,23);1H. The van der Waals surface area contributed by atoms with Crippen molar-refractivity contribution in [3.8, 4) is 5.75 Å². The Bertz CT molecular complexity index is 602. The largest absolute Gasteiger partial charge is 0.489 e. The average Bonchev–Trinajstić information content (AvgIpc) is 3.11. The number of guanidine groups is 1. The second-order valence-electron chi connectivity index (χ2n) is 6.96. The van der Waals surface area contributed by atoms with Gasteiger partial charge in [0.25, 0.3) is 0 Å². The van der Waals surface area contributed by atoms with Crippen molar-refractivity contribution >= 4 is 29.9 Å². The minimum Gasteiger partial charge on any atom is -0.489 e. The molecule has 1 aromatic carbocycles. The zero-order valence-electron chi connectivity index (χ0n) is 16.0. The fraction of sp³-hybridized carbons (Fsp3) is 0.632. The van der Waals surface area contributed by atoms with Crippen LogP contribution in [-0.2, 0) is 4.74 Å². The van der Waals surface area contributed by atoms with E-state index < -0.39 is 0 Å². The number of nitrogens with one attached hydrogen (secondary N) is 2. The maximum Gasteiger partial charge on any atom is 0.191 e. The highest BCUT2D eigenvalue weighted by atomic mass is 127. The van der Waals surface area contributed by atoms with Crippen molar-refractivity contribution in [2.75, 3.05) is 39.8 Å². The van der Waals surface area contributed by atoms with Crippen molar-refractivity contribution < 1.29 is 13.9 Å². The van der Waals surface area contributed by atoms with Crippen LogP contribution in [0.1, 0.15) is 19.8 Å². The predicted octanol–water partition coefficient (Wildman–Crippen LogP) is 2.24. The normalized spacial score (nSPS) is 23.9. The molecule has 0 bridgehead atoms. The van der Waals surface area contributed by atoms with Gasteiger partial charge >= 0.3 is 0 Å². The molecule has 27 heavy (non-hydrogen) atoms. The quantitative estimate of drug-likeness (QED) is 0.363. The van der Waals surface area contributed by atoms with E-state index in [2.05, 4.69) is 20.5 Å². The Hall–Kier alpha value is -1.13. The second kappa shape index (κ2) is 11.0. The average molecular weight is 492 g/mol. The lowest BCUT2D eigenvalue weighted by molar-refractivity contribution is -0.0453. The number of nitrogens with zero attached hydrogens (tertiary/aromatic N) is 2. The molecule has 1 aromatic rings. The van der Waals surface area contributed by atoms with E-state index in [-0.39, 0.29) is 42.0 Å². The van der Waals surface area contributed by atoms with E-state index in [1.54, 1.807) is 19.2 Å². The van der Waals surface area contributed by atoms with Crippen molar-refractivity contribution in [3.05, 3.63) is 30.1 Å². The number of aliphatic imine (C=N–C) groups is 1. The number of fused-ring (bicyclic) bond motifs is 1. The molecule has 8 heteroatoms. The second-order valence-corrected chi connectivity index (χ2v) is 6.96. The molecule has 0 aliphatic carbocycles. The van der Waals surface area contributed by atoms with Crippen LogP contribution >= 0.6 is 24.0 Å². The maximum absolute atomic E-state index is 12.9. The van der Waals surface area contributed by atoms with E-state index in [0.29, 0.717) is 18.3 Å². The van der Waals surface area contributed by atoms with Gasteiger partial charge < -0.3 is 20.1 Å². The van der Waals surface area contributed by atoms with E-state index in [1.165, 1.54) is 31.5 Å². The molecule has 0 amide bonds. The van der Waals surface area contributed by atoms with Crippen molar-refractivity contribution in [1.29, 1.82) is 0 Å². The first-order chi connectivity index (χ1) is 12.6. The van der Waals surface area contributed by atoms with Crippen LogP contribution < -0.4 is 15.4 Å². The first-order valence-corrected chi connectivity index (χ1v) is 9.36. The molecule has 2 fully saturated rings. The third-order valence-electron chi connectivity index (χ3n) is 4.89. The van der Waals surface area contributed by atoms with Gasteiger partial charge in [0, 0.05) is 26.2 Å². The SMILES string of the molecule is CN=C(NCC(C)Oc1ccc(F)cc1)NCC1CN2CCCC2CO1.I. The molecule has 2 heterocycles. The van der Waals surface area contributed by atoms with Gasteiger partial charge in [-0.15, -0.1) is 24.0 Å². The summed E-state index contributed by atoms with van der Waals surface area (Å²) in [4.78, 5) is 6.78. The number of ether oxygens (including phenoxy) is 2. The van der Waals surface area contributed by atoms with Gasteiger partial charge in [-0.25, -0.2) is 4.39 Å². The first kappa shape index (κ1) is 22.2. The third kappa shape index (κ3) is 6.76. The van der Waals surface area contributed by atoms with Gasteiger partial charge in [-0.1, -0.05) is 0 Å². The van der Waals surface area contributed by atoms with Gasteiger partial charge in [0.1, 0.15) is 17.7 Å². The summed E-state index contributed by atoms with van der Waals surface area (Å²) >= 11 is 0. The third-order valence-corrected chi connectivity index (χ3v) is 4.89. The van der Waals surface area contributed by atoms with Crippen LogP contribution in [0.5, 0.6) is 5.75 Å². The highest BCUT2D eigenvalue weighted by molar-refractivity contribution is 14.0. The van der Waals surface area contributed by atoms with Gasteiger partial charge in [0.15, 0.2) is 5.96 Å². The highest BCUT2D eigenvalue weighted by Gasteiger charge is 2.32. The summed E-state index contributed by atoms with van der Waals surface area (Å²) in [6, 6.07) is 6.67. The molecular formula is C19H30FIN4O2. The smallest absolute Gasteiger partial charge is 0.191 e. The number of rotatable bonds is 6.